The molecule has 0 saturated heterocycles. The van der Waals surface area contributed by atoms with Crippen molar-refractivity contribution >= 4 is 11.6 Å². The summed E-state index contributed by atoms with van der Waals surface area (Å²) in [5, 5.41) is 6.37. The van der Waals surface area contributed by atoms with Crippen molar-refractivity contribution in [3.63, 3.8) is 0 Å². The maximum absolute atomic E-state index is 5.36. The molecule has 0 aliphatic rings. The predicted octanol–water partition coefficient (Wildman–Crippen LogP) is 1.67. The lowest BCUT2D eigenvalue weighted by molar-refractivity contribution is 0.294. The van der Waals surface area contributed by atoms with Crippen LogP contribution in [0.2, 0.25) is 0 Å². The molecule has 6 nitrogen and oxygen atoms in total. The Kier molecular flexibility index (Phi) is 6.35. The summed E-state index contributed by atoms with van der Waals surface area (Å²) in [5.41, 5.74) is 0. The number of rotatable bonds is 8. The third kappa shape index (κ3) is 4.24. The van der Waals surface area contributed by atoms with Crippen LogP contribution in [0, 0.1) is 0 Å². The standard InChI is InChI=1S/C13H25N5O/c1-6-18(7-2)8-10(3)17-13-11(19-5)12(14-4)15-9-16-13/h9-10H,6-8H2,1-5H3,(H2,14,15,16,17). The Labute approximate surface area is 115 Å². The number of methoxy groups -OCH3 is 1. The summed E-state index contributed by atoms with van der Waals surface area (Å²) < 4.78 is 5.36. The van der Waals surface area contributed by atoms with Crippen molar-refractivity contribution in [3.8, 4) is 5.75 Å². The summed E-state index contributed by atoms with van der Waals surface area (Å²) in [5.74, 6) is 2.06. The number of aromatic nitrogens is 2. The third-order valence-electron chi connectivity index (χ3n) is 3.05. The van der Waals surface area contributed by atoms with Crippen LogP contribution in [0.15, 0.2) is 6.33 Å². The lowest BCUT2D eigenvalue weighted by Crippen LogP contribution is -2.35. The van der Waals surface area contributed by atoms with E-state index in [2.05, 4.69) is 46.3 Å². The molecule has 0 fully saturated rings. The van der Waals surface area contributed by atoms with Crippen molar-refractivity contribution in [2.45, 2.75) is 26.8 Å². The Morgan fingerprint density at radius 3 is 2.42 bits per heavy atom. The molecular weight excluding hydrogens is 242 g/mol. The van der Waals surface area contributed by atoms with E-state index >= 15 is 0 Å². The molecule has 19 heavy (non-hydrogen) atoms. The molecule has 1 aromatic heterocycles. The number of anilines is 2. The third-order valence-corrected chi connectivity index (χ3v) is 3.05. The monoisotopic (exact) mass is 267 g/mol. The fraction of sp³-hybridized carbons (Fsp3) is 0.692. The molecule has 1 rings (SSSR count). The number of likely N-dealkylation sites (N-methyl/N-ethyl adjacent to an activating group) is 1. The topological polar surface area (TPSA) is 62.3 Å². The molecule has 1 unspecified atom stereocenters. The average molecular weight is 267 g/mol. The SMILES string of the molecule is CCN(CC)CC(C)Nc1ncnc(NC)c1OC. The number of nitrogens with one attached hydrogen (secondary N) is 2. The van der Waals surface area contributed by atoms with E-state index in [0.29, 0.717) is 11.6 Å². The second kappa shape index (κ2) is 7.78. The molecular formula is C13H25N5O. The lowest BCUT2D eigenvalue weighted by Gasteiger charge is -2.24. The zero-order valence-corrected chi connectivity index (χ0v) is 12.5. The van der Waals surface area contributed by atoms with Crippen molar-refractivity contribution < 1.29 is 4.74 Å². The molecule has 1 heterocycles. The molecule has 0 radical (unpaired) electrons. The van der Waals surface area contributed by atoms with Gasteiger partial charge in [-0.25, -0.2) is 9.97 Å². The van der Waals surface area contributed by atoms with E-state index in [-0.39, 0.29) is 6.04 Å². The van der Waals surface area contributed by atoms with E-state index in [1.807, 2.05) is 7.05 Å². The zero-order valence-electron chi connectivity index (χ0n) is 12.5. The van der Waals surface area contributed by atoms with Crippen molar-refractivity contribution in [2.24, 2.45) is 0 Å². The molecule has 0 aliphatic heterocycles. The van der Waals surface area contributed by atoms with Gasteiger partial charge in [0.1, 0.15) is 6.33 Å². The molecule has 0 saturated carbocycles. The first-order valence-corrected chi connectivity index (χ1v) is 6.71. The molecule has 0 bridgehead atoms. The smallest absolute Gasteiger partial charge is 0.204 e. The summed E-state index contributed by atoms with van der Waals surface area (Å²) in [7, 11) is 3.44. The second-order valence-corrected chi connectivity index (χ2v) is 4.39. The minimum absolute atomic E-state index is 0.286. The minimum atomic E-state index is 0.286. The van der Waals surface area contributed by atoms with Crippen LogP contribution in [0.4, 0.5) is 11.6 Å². The largest absolute Gasteiger partial charge is 0.490 e. The van der Waals surface area contributed by atoms with Crippen LogP contribution >= 0.6 is 0 Å². The van der Waals surface area contributed by atoms with Crippen molar-refractivity contribution in [3.05, 3.63) is 6.33 Å². The molecule has 6 heteroatoms. The first-order chi connectivity index (χ1) is 9.15. The molecule has 0 aliphatic carbocycles. The number of ether oxygens (including phenoxy) is 1. The molecule has 0 spiro atoms. The van der Waals surface area contributed by atoms with Gasteiger partial charge < -0.3 is 20.3 Å². The second-order valence-electron chi connectivity index (χ2n) is 4.39. The highest BCUT2D eigenvalue weighted by Crippen LogP contribution is 2.28. The van der Waals surface area contributed by atoms with E-state index in [4.69, 9.17) is 4.74 Å². The number of hydrogen-bond acceptors (Lipinski definition) is 6. The maximum Gasteiger partial charge on any atom is 0.204 e. The maximum atomic E-state index is 5.36. The van der Waals surface area contributed by atoms with E-state index in [1.54, 1.807) is 7.11 Å². The Bertz CT molecular complexity index is 381. The van der Waals surface area contributed by atoms with Gasteiger partial charge in [-0.3, -0.25) is 0 Å². The number of nitrogens with zero attached hydrogens (tertiary/aromatic N) is 3. The van der Waals surface area contributed by atoms with Crippen LogP contribution in [-0.4, -0.2) is 54.7 Å². The van der Waals surface area contributed by atoms with Crippen LogP contribution in [0.1, 0.15) is 20.8 Å². The molecule has 0 amide bonds. The fourth-order valence-corrected chi connectivity index (χ4v) is 2.00. The molecule has 0 aromatic carbocycles. The lowest BCUT2D eigenvalue weighted by atomic mass is 10.3. The zero-order chi connectivity index (χ0) is 14.3. The Balaban J connectivity index is 2.76. The fourth-order valence-electron chi connectivity index (χ4n) is 2.00. The molecule has 1 atom stereocenters. The predicted molar refractivity (Wildman–Crippen MR) is 79.0 cm³/mol. The van der Waals surface area contributed by atoms with Crippen LogP contribution in [0.25, 0.3) is 0 Å². The highest BCUT2D eigenvalue weighted by atomic mass is 16.5. The van der Waals surface area contributed by atoms with E-state index in [1.165, 1.54) is 6.33 Å². The highest BCUT2D eigenvalue weighted by Gasteiger charge is 2.14. The van der Waals surface area contributed by atoms with Crippen LogP contribution < -0.4 is 15.4 Å². The van der Waals surface area contributed by atoms with Crippen molar-refractivity contribution in [2.75, 3.05) is 44.4 Å². The van der Waals surface area contributed by atoms with Crippen LogP contribution in [-0.2, 0) is 0 Å². The van der Waals surface area contributed by atoms with Gasteiger partial charge in [-0.1, -0.05) is 13.8 Å². The van der Waals surface area contributed by atoms with Gasteiger partial charge in [0.05, 0.1) is 7.11 Å². The summed E-state index contributed by atoms with van der Waals surface area (Å²) in [6.07, 6.45) is 1.53. The Hall–Kier alpha value is -1.56. The summed E-state index contributed by atoms with van der Waals surface area (Å²) >= 11 is 0. The average Bonchev–Trinajstić information content (AvgIpc) is 2.44. The summed E-state index contributed by atoms with van der Waals surface area (Å²) in [4.78, 5) is 10.7. The van der Waals surface area contributed by atoms with Gasteiger partial charge in [-0.2, -0.15) is 0 Å². The van der Waals surface area contributed by atoms with Gasteiger partial charge in [-0.05, 0) is 20.0 Å². The Morgan fingerprint density at radius 1 is 1.26 bits per heavy atom. The molecule has 108 valence electrons. The summed E-state index contributed by atoms with van der Waals surface area (Å²) in [6, 6.07) is 0.286. The van der Waals surface area contributed by atoms with Crippen LogP contribution in [0.3, 0.4) is 0 Å². The first kappa shape index (κ1) is 15.5. The van der Waals surface area contributed by atoms with Gasteiger partial charge in [0, 0.05) is 19.6 Å². The van der Waals surface area contributed by atoms with E-state index in [0.717, 1.165) is 25.5 Å². The van der Waals surface area contributed by atoms with E-state index in [9.17, 15) is 0 Å². The van der Waals surface area contributed by atoms with Gasteiger partial charge >= 0.3 is 0 Å². The van der Waals surface area contributed by atoms with Gasteiger partial charge in [0.15, 0.2) is 11.6 Å². The van der Waals surface area contributed by atoms with Crippen molar-refractivity contribution in [1.82, 2.24) is 14.9 Å². The highest BCUT2D eigenvalue weighted by molar-refractivity contribution is 5.63. The first-order valence-electron chi connectivity index (χ1n) is 6.71. The van der Waals surface area contributed by atoms with E-state index < -0.39 is 0 Å². The molecule has 1 aromatic rings. The summed E-state index contributed by atoms with van der Waals surface area (Å²) in [6.45, 7) is 9.53. The quantitative estimate of drug-likeness (QED) is 0.747. The number of hydrogen-bond donors (Lipinski definition) is 2. The normalized spacial score (nSPS) is 12.3. The minimum Gasteiger partial charge on any atom is -0.490 e. The Morgan fingerprint density at radius 2 is 1.89 bits per heavy atom. The van der Waals surface area contributed by atoms with Gasteiger partial charge in [0.2, 0.25) is 5.75 Å². The van der Waals surface area contributed by atoms with Gasteiger partial charge in [-0.15, -0.1) is 0 Å². The van der Waals surface area contributed by atoms with Crippen LogP contribution in [0.5, 0.6) is 5.75 Å². The van der Waals surface area contributed by atoms with Gasteiger partial charge in [0.25, 0.3) is 0 Å². The molecule has 2 N–H and O–H groups in total. The van der Waals surface area contributed by atoms with Crippen molar-refractivity contribution in [1.29, 1.82) is 0 Å².